The van der Waals surface area contributed by atoms with Crippen molar-refractivity contribution in [1.82, 2.24) is 9.55 Å². The van der Waals surface area contributed by atoms with E-state index in [1.54, 1.807) is 12.1 Å². The lowest BCUT2D eigenvalue weighted by atomic mass is 10.1. The van der Waals surface area contributed by atoms with E-state index in [1.165, 1.54) is 28.3 Å². The van der Waals surface area contributed by atoms with Gasteiger partial charge in [-0.15, -0.1) is 11.3 Å². The summed E-state index contributed by atoms with van der Waals surface area (Å²) in [5.74, 6) is -0.437. The molecule has 2 aromatic carbocycles. The summed E-state index contributed by atoms with van der Waals surface area (Å²) in [5, 5.41) is 2.78. The van der Waals surface area contributed by atoms with Crippen molar-refractivity contribution in [2.24, 2.45) is 0 Å². The molecule has 4 aromatic rings. The smallest absolute Gasteiger partial charge is 0.263 e. The zero-order valence-electron chi connectivity index (χ0n) is 13.9. The van der Waals surface area contributed by atoms with E-state index in [2.05, 4.69) is 4.98 Å². The van der Waals surface area contributed by atoms with E-state index in [0.29, 0.717) is 15.2 Å². The van der Waals surface area contributed by atoms with Gasteiger partial charge in [-0.1, -0.05) is 47.5 Å². The molecule has 2 aromatic heterocycles. The van der Waals surface area contributed by atoms with Crippen LogP contribution in [0.4, 0.5) is 4.39 Å². The largest absolute Gasteiger partial charge is 0.294 e. The van der Waals surface area contributed by atoms with Crippen molar-refractivity contribution in [2.45, 2.75) is 13.5 Å². The van der Waals surface area contributed by atoms with Crippen molar-refractivity contribution in [2.75, 3.05) is 0 Å². The van der Waals surface area contributed by atoms with Crippen LogP contribution in [-0.4, -0.2) is 9.55 Å². The summed E-state index contributed by atoms with van der Waals surface area (Å²) in [6.07, 6.45) is 1.45. The van der Waals surface area contributed by atoms with Crippen LogP contribution in [0.15, 0.2) is 59.0 Å². The van der Waals surface area contributed by atoms with Gasteiger partial charge < -0.3 is 0 Å². The SMILES string of the molecule is Cc1ccc(-c2csc3ncn(Cc4c(F)cccc4Cl)c(=O)c23)cc1. The molecule has 130 valence electrons. The van der Waals surface area contributed by atoms with Crippen molar-refractivity contribution in [1.29, 1.82) is 0 Å². The van der Waals surface area contributed by atoms with Crippen molar-refractivity contribution in [3.05, 3.63) is 86.5 Å². The number of aryl methyl sites for hydroxylation is 1. The molecule has 0 aliphatic rings. The molecule has 0 aliphatic carbocycles. The highest BCUT2D eigenvalue weighted by atomic mass is 35.5. The molecular formula is C20H14ClFN2OS. The quantitative estimate of drug-likeness (QED) is 0.482. The molecule has 3 nitrogen and oxygen atoms in total. The van der Waals surface area contributed by atoms with Crippen LogP contribution in [0.2, 0.25) is 5.02 Å². The predicted octanol–water partition coefficient (Wildman–Crippen LogP) is 5.27. The van der Waals surface area contributed by atoms with Crippen LogP contribution in [0, 0.1) is 12.7 Å². The third kappa shape index (κ3) is 2.93. The Morgan fingerprint density at radius 2 is 1.96 bits per heavy atom. The fourth-order valence-electron chi connectivity index (χ4n) is 2.88. The Kier molecular flexibility index (Phi) is 4.34. The normalized spacial score (nSPS) is 11.2. The summed E-state index contributed by atoms with van der Waals surface area (Å²) in [6, 6.07) is 12.5. The first-order valence-electron chi connectivity index (χ1n) is 8.01. The molecule has 6 heteroatoms. The lowest BCUT2D eigenvalue weighted by Crippen LogP contribution is -2.21. The Morgan fingerprint density at radius 1 is 1.19 bits per heavy atom. The lowest BCUT2D eigenvalue weighted by molar-refractivity contribution is 0.595. The molecule has 0 unspecified atom stereocenters. The van der Waals surface area contributed by atoms with Crippen molar-refractivity contribution < 1.29 is 4.39 Å². The van der Waals surface area contributed by atoms with Crippen LogP contribution < -0.4 is 5.56 Å². The standard InChI is InChI=1S/C20H14ClFN2OS/c1-12-5-7-13(8-6-12)15-10-26-19-18(15)20(25)24(11-23-19)9-14-16(21)3-2-4-17(14)22/h2-8,10-11H,9H2,1H3. The van der Waals surface area contributed by atoms with E-state index < -0.39 is 5.82 Å². The van der Waals surface area contributed by atoms with E-state index in [0.717, 1.165) is 16.7 Å². The average molecular weight is 385 g/mol. The third-order valence-corrected chi connectivity index (χ3v) is 5.55. The van der Waals surface area contributed by atoms with Gasteiger partial charge in [0.2, 0.25) is 0 Å². The van der Waals surface area contributed by atoms with Gasteiger partial charge in [0.15, 0.2) is 0 Å². The second-order valence-electron chi connectivity index (χ2n) is 6.07. The number of halogens is 2. The van der Waals surface area contributed by atoms with E-state index in [4.69, 9.17) is 11.6 Å². The summed E-state index contributed by atoms with van der Waals surface area (Å²) in [7, 11) is 0. The summed E-state index contributed by atoms with van der Waals surface area (Å²) >= 11 is 7.52. The second-order valence-corrected chi connectivity index (χ2v) is 7.34. The van der Waals surface area contributed by atoms with Crippen molar-refractivity contribution >= 4 is 33.2 Å². The number of nitrogens with zero attached hydrogens (tertiary/aromatic N) is 2. The van der Waals surface area contributed by atoms with Crippen molar-refractivity contribution in [3.8, 4) is 11.1 Å². The van der Waals surface area contributed by atoms with Crippen LogP contribution in [0.25, 0.3) is 21.3 Å². The van der Waals surface area contributed by atoms with Gasteiger partial charge in [-0.25, -0.2) is 9.37 Å². The molecule has 0 saturated heterocycles. The highest BCUT2D eigenvalue weighted by molar-refractivity contribution is 7.17. The topological polar surface area (TPSA) is 34.9 Å². The van der Waals surface area contributed by atoms with Crippen LogP contribution in [0.5, 0.6) is 0 Å². The molecule has 0 aliphatic heterocycles. The molecule has 2 heterocycles. The molecule has 0 amide bonds. The summed E-state index contributed by atoms with van der Waals surface area (Å²) < 4.78 is 15.5. The minimum absolute atomic E-state index is 0.0382. The number of rotatable bonds is 3. The van der Waals surface area contributed by atoms with E-state index in [-0.39, 0.29) is 17.7 Å². The maximum absolute atomic E-state index is 14.1. The molecule has 0 saturated carbocycles. The monoisotopic (exact) mass is 384 g/mol. The lowest BCUT2D eigenvalue weighted by Gasteiger charge is -2.09. The number of thiophene rings is 1. The Balaban J connectivity index is 1.86. The fourth-order valence-corrected chi connectivity index (χ4v) is 4.01. The van der Waals surface area contributed by atoms with E-state index in [1.807, 2.05) is 36.6 Å². The van der Waals surface area contributed by atoms with Gasteiger partial charge in [0.25, 0.3) is 5.56 Å². The Morgan fingerprint density at radius 3 is 2.69 bits per heavy atom. The zero-order valence-corrected chi connectivity index (χ0v) is 15.4. The Labute approximate surface area is 158 Å². The van der Waals surface area contributed by atoms with Crippen LogP contribution in [0.1, 0.15) is 11.1 Å². The van der Waals surface area contributed by atoms with Crippen LogP contribution >= 0.6 is 22.9 Å². The van der Waals surface area contributed by atoms with Gasteiger partial charge in [-0.2, -0.15) is 0 Å². The third-order valence-electron chi connectivity index (χ3n) is 4.31. The highest BCUT2D eigenvalue weighted by Crippen LogP contribution is 2.31. The molecule has 0 atom stereocenters. The second kappa shape index (κ2) is 6.67. The molecule has 4 rings (SSSR count). The van der Waals surface area contributed by atoms with E-state index >= 15 is 0 Å². The summed E-state index contributed by atoms with van der Waals surface area (Å²) in [4.78, 5) is 18.1. The molecule has 0 radical (unpaired) electrons. The first kappa shape index (κ1) is 16.9. The zero-order chi connectivity index (χ0) is 18.3. The molecule has 26 heavy (non-hydrogen) atoms. The van der Waals surface area contributed by atoms with Gasteiger partial charge >= 0.3 is 0 Å². The average Bonchev–Trinajstić information content (AvgIpc) is 3.05. The van der Waals surface area contributed by atoms with Crippen LogP contribution in [0.3, 0.4) is 0 Å². The molecular weight excluding hydrogens is 371 g/mol. The van der Waals surface area contributed by atoms with Gasteiger partial charge in [0.05, 0.1) is 18.3 Å². The summed E-state index contributed by atoms with van der Waals surface area (Å²) in [5.41, 5.74) is 3.03. The first-order chi connectivity index (χ1) is 12.5. The van der Waals surface area contributed by atoms with E-state index in [9.17, 15) is 9.18 Å². The Hall–Kier alpha value is -2.50. The molecule has 0 fully saturated rings. The van der Waals surface area contributed by atoms with Gasteiger partial charge in [-0.3, -0.25) is 9.36 Å². The van der Waals surface area contributed by atoms with Gasteiger partial charge in [-0.05, 0) is 24.6 Å². The van der Waals surface area contributed by atoms with Gasteiger partial charge in [0.1, 0.15) is 10.6 Å². The molecule has 0 spiro atoms. The maximum Gasteiger partial charge on any atom is 0.263 e. The number of benzene rings is 2. The Bertz CT molecular complexity index is 1140. The number of aromatic nitrogens is 2. The number of hydrogen-bond acceptors (Lipinski definition) is 3. The maximum atomic E-state index is 14.1. The fraction of sp³-hybridized carbons (Fsp3) is 0.100. The minimum Gasteiger partial charge on any atom is -0.294 e. The molecule has 0 bridgehead atoms. The minimum atomic E-state index is -0.437. The van der Waals surface area contributed by atoms with Crippen LogP contribution in [-0.2, 0) is 6.54 Å². The molecule has 0 N–H and O–H groups in total. The summed E-state index contributed by atoms with van der Waals surface area (Å²) in [6.45, 7) is 2.05. The highest BCUT2D eigenvalue weighted by Gasteiger charge is 2.15. The van der Waals surface area contributed by atoms with Gasteiger partial charge in [0, 0.05) is 21.5 Å². The first-order valence-corrected chi connectivity index (χ1v) is 9.27. The number of hydrogen-bond donors (Lipinski definition) is 0. The predicted molar refractivity (Wildman–Crippen MR) is 105 cm³/mol. The number of fused-ring (bicyclic) bond motifs is 1. The van der Waals surface area contributed by atoms with Crippen molar-refractivity contribution in [3.63, 3.8) is 0 Å².